The van der Waals surface area contributed by atoms with Crippen molar-refractivity contribution >= 4 is 7.60 Å². The lowest BCUT2D eigenvalue weighted by atomic mass is 10.1. The van der Waals surface area contributed by atoms with E-state index in [9.17, 15) is 4.57 Å². The van der Waals surface area contributed by atoms with Gasteiger partial charge in [-0.3, -0.25) is 4.57 Å². The molecule has 1 rings (SSSR count). The molecule has 0 aliphatic rings. The van der Waals surface area contributed by atoms with Crippen LogP contribution in [-0.2, 0) is 11.0 Å². The Bertz CT molecular complexity index is 359. The molecule has 4 N–H and O–H groups in total. The molecule has 0 radical (unpaired) electrons. The van der Waals surface area contributed by atoms with E-state index in [0.717, 1.165) is 5.56 Å². The number of rotatable bonds is 5. The number of benzene rings is 1. The summed E-state index contributed by atoms with van der Waals surface area (Å²) in [7, 11) is -4.32. The summed E-state index contributed by atoms with van der Waals surface area (Å²) < 4.78 is 11.1. The molecule has 0 aliphatic carbocycles. The van der Waals surface area contributed by atoms with Gasteiger partial charge in [-0.05, 0) is 12.0 Å². The summed E-state index contributed by atoms with van der Waals surface area (Å²) in [6.45, 7) is 0. The molecular weight excluding hydrogens is 231 g/mol. The van der Waals surface area contributed by atoms with Gasteiger partial charge in [-0.2, -0.15) is 0 Å². The van der Waals surface area contributed by atoms with Crippen LogP contribution >= 0.6 is 7.60 Å². The van der Waals surface area contributed by atoms with Crippen molar-refractivity contribution in [2.45, 2.75) is 24.8 Å². The zero-order valence-corrected chi connectivity index (χ0v) is 9.49. The van der Waals surface area contributed by atoms with Gasteiger partial charge in [0.1, 0.15) is 0 Å². The Hall–Kier alpha value is -0.710. The summed E-state index contributed by atoms with van der Waals surface area (Å²) in [5.41, 5.74) is -0.300. The molecule has 16 heavy (non-hydrogen) atoms. The van der Waals surface area contributed by atoms with Crippen LogP contribution in [-0.4, -0.2) is 31.9 Å². The number of hydrogen-bond acceptors (Lipinski definition) is 3. The van der Waals surface area contributed by atoms with E-state index >= 15 is 0 Å². The molecule has 5 nitrogen and oxygen atoms in total. The molecule has 0 spiro atoms. The Morgan fingerprint density at radius 3 is 2.12 bits per heavy atom. The molecule has 1 unspecified atom stereocenters. The first-order chi connectivity index (χ1) is 7.39. The maximum atomic E-state index is 11.1. The topological polar surface area (TPSA) is 98.0 Å². The highest BCUT2D eigenvalue weighted by atomic mass is 31.2. The molecule has 0 saturated carbocycles. The first-order valence-corrected chi connectivity index (χ1v) is 6.53. The van der Waals surface area contributed by atoms with E-state index in [1.54, 1.807) is 30.3 Å². The predicted molar refractivity (Wildman–Crippen MR) is 58.8 cm³/mol. The fourth-order valence-corrected chi connectivity index (χ4v) is 2.38. The van der Waals surface area contributed by atoms with Crippen molar-refractivity contribution in [3.63, 3.8) is 0 Å². The molecule has 1 aromatic carbocycles. The van der Waals surface area contributed by atoms with Crippen LogP contribution in [0.3, 0.4) is 0 Å². The van der Waals surface area contributed by atoms with Gasteiger partial charge in [0.15, 0.2) is 6.29 Å². The summed E-state index contributed by atoms with van der Waals surface area (Å²) in [6.07, 6.45) is -1.91. The van der Waals surface area contributed by atoms with Gasteiger partial charge in [-0.1, -0.05) is 30.3 Å². The van der Waals surface area contributed by atoms with Gasteiger partial charge in [0.25, 0.3) is 0 Å². The van der Waals surface area contributed by atoms with Gasteiger partial charge in [-0.15, -0.1) is 0 Å². The zero-order chi connectivity index (χ0) is 12.2. The van der Waals surface area contributed by atoms with Crippen molar-refractivity contribution < 1.29 is 24.6 Å². The van der Waals surface area contributed by atoms with Gasteiger partial charge in [-0.25, -0.2) is 0 Å². The average Bonchev–Trinajstić information content (AvgIpc) is 2.16. The van der Waals surface area contributed by atoms with Crippen LogP contribution in [0.5, 0.6) is 0 Å². The quantitative estimate of drug-likeness (QED) is 0.447. The largest absolute Gasteiger partial charge is 0.368 e. The second-order valence-electron chi connectivity index (χ2n) is 3.65. The van der Waals surface area contributed by atoms with Gasteiger partial charge < -0.3 is 20.0 Å². The summed E-state index contributed by atoms with van der Waals surface area (Å²) in [6, 6.07) is 8.82. The minimum absolute atomic E-state index is 0.128. The van der Waals surface area contributed by atoms with Crippen molar-refractivity contribution in [2.24, 2.45) is 0 Å². The molecule has 0 aliphatic heterocycles. The third-order valence-corrected chi connectivity index (χ3v) is 3.62. The Morgan fingerprint density at radius 2 is 1.69 bits per heavy atom. The van der Waals surface area contributed by atoms with E-state index in [1.165, 1.54) is 0 Å². The molecule has 1 aromatic rings. The first kappa shape index (κ1) is 13.4. The molecule has 6 heteroatoms. The van der Waals surface area contributed by atoms with Gasteiger partial charge >= 0.3 is 7.60 Å². The normalized spacial score (nSPS) is 14.1. The van der Waals surface area contributed by atoms with Crippen LogP contribution in [0.1, 0.15) is 12.0 Å². The molecule has 0 bridgehead atoms. The summed E-state index contributed by atoms with van der Waals surface area (Å²) in [5, 5.41) is 17.6. The maximum Gasteiger partial charge on any atom is 0.329 e. The first-order valence-electron chi connectivity index (χ1n) is 4.85. The lowest BCUT2D eigenvalue weighted by Crippen LogP contribution is -2.20. The van der Waals surface area contributed by atoms with Crippen molar-refractivity contribution in [2.75, 3.05) is 0 Å². The van der Waals surface area contributed by atoms with Crippen LogP contribution in [0.2, 0.25) is 0 Å². The number of hydrogen-bond donors (Lipinski definition) is 4. The predicted octanol–water partition coefficient (Wildman–Crippen LogP) is 0.476. The SMILES string of the molecule is O=P(O)(O)C(Cc1ccccc1)CC(O)O. The molecule has 0 heterocycles. The minimum atomic E-state index is -4.32. The van der Waals surface area contributed by atoms with Crippen molar-refractivity contribution in [3.8, 4) is 0 Å². The highest BCUT2D eigenvalue weighted by Crippen LogP contribution is 2.44. The Labute approximate surface area is 93.5 Å². The van der Waals surface area contributed by atoms with Gasteiger partial charge in [0.05, 0.1) is 5.66 Å². The fraction of sp³-hybridized carbons (Fsp3) is 0.400. The molecule has 0 aromatic heterocycles. The van der Waals surface area contributed by atoms with Crippen LogP contribution in [0.15, 0.2) is 30.3 Å². The molecular formula is C10H15O5P. The van der Waals surface area contributed by atoms with Crippen LogP contribution in [0.4, 0.5) is 0 Å². The molecule has 0 amide bonds. The third-order valence-electron chi connectivity index (χ3n) is 2.27. The Kier molecular flexibility index (Phi) is 4.65. The van der Waals surface area contributed by atoms with E-state index < -0.39 is 19.5 Å². The van der Waals surface area contributed by atoms with E-state index in [0.29, 0.717) is 0 Å². The molecule has 90 valence electrons. The Balaban J connectivity index is 2.76. The maximum absolute atomic E-state index is 11.1. The number of aliphatic hydroxyl groups is 2. The monoisotopic (exact) mass is 246 g/mol. The van der Waals surface area contributed by atoms with Crippen molar-refractivity contribution in [3.05, 3.63) is 35.9 Å². The summed E-state index contributed by atoms with van der Waals surface area (Å²) in [5.74, 6) is 0. The smallest absolute Gasteiger partial charge is 0.329 e. The van der Waals surface area contributed by atoms with Gasteiger partial charge in [0.2, 0.25) is 0 Å². The Morgan fingerprint density at radius 1 is 1.12 bits per heavy atom. The van der Waals surface area contributed by atoms with E-state index in [-0.39, 0.29) is 12.8 Å². The lowest BCUT2D eigenvalue weighted by molar-refractivity contribution is -0.0465. The van der Waals surface area contributed by atoms with Crippen molar-refractivity contribution in [1.29, 1.82) is 0 Å². The van der Waals surface area contributed by atoms with Crippen LogP contribution in [0, 0.1) is 0 Å². The van der Waals surface area contributed by atoms with Crippen molar-refractivity contribution in [1.82, 2.24) is 0 Å². The minimum Gasteiger partial charge on any atom is -0.368 e. The van der Waals surface area contributed by atoms with E-state index in [1.807, 2.05) is 0 Å². The fourth-order valence-electron chi connectivity index (χ4n) is 1.47. The molecule has 0 fully saturated rings. The lowest BCUT2D eigenvalue weighted by Gasteiger charge is -2.19. The van der Waals surface area contributed by atoms with E-state index in [2.05, 4.69) is 0 Å². The van der Waals surface area contributed by atoms with Gasteiger partial charge in [0, 0.05) is 6.42 Å². The van der Waals surface area contributed by atoms with Crippen LogP contribution < -0.4 is 0 Å². The highest BCUT2D eigenvalue weighted by Gasteiger charge is 2.30. The second-order valence-corrected chi connectivity index (χ2v) is 5.56. The standard InChI is InChI=1S/C10H15O5P/c11-10(12)7-9(16(13,14)15)6-8-4-2-1-3-5-8/h1-5,9-12H,6-7H2,(H2,13,14,15). The zero-order valence-electron chi connectivity index (χ0n) is 8.60. The van der Waals surface area contributed by atoms with Crippen LogP contribution in [0.25, 0.3) is 0 Å². The average molecular weight is 246 g/mol. The third kappa shape index (κ3) is 4.43. The van der Waals surface area contributed by atoms with E-state index in [4.69, 9.17) is 20.0 Å². The second kappa shape index (κ2) is 5.57. The highest BCUT2D eigenvalue weighted by molar-refractivity contribution is 7.52. The summed E-state index contributed by atoms with van der Waals surface area (Å²) >= 11 is 0. The summed E-state index contributed by atoms with van der Waals surface area (Å²) in [4.78, 5) is 18.2. The molecule has 0 saturated heterocycles. The number of aliphatic hydroxyl groups excluding tert-OH is 1. The molecule has 1 atom stereocenters.